The Balaban J connectivity index is 2.16. The number of carbonyl (C=O) groups excluding carboxylic acids is 1. The number of esters is 1. The van der Waals surface area contributed by atoms with Crippen LogP contribution in [-0.4, -0.2) is 44.1 Å². The molecule has 3 rings (SSSR count). The van der Waals surface area contributed by atoms with E-state index in [2.05, 4.69) is 5.10 Å². The molecule has 0 bridgehead atoms. The highest BCUT2D eigenvalue weighted by molar-refractivity contribution is 7.90. The maximum Gasteiger partial charge on any atom is 0.358 e. The number of benzene rings is 2. The molecule has 0 amide bonds. The first-order valence-corrected chi connectivity index (χ1v) is 10.9. The molecule has 0 fully saturated rings. The van der Waals surface area contributed by atoms with E-state index in [1.165, 1.54) is 19.2 Å². The lowest BCUT2D eigenvalue weighted by atomic mass is 10.1. The Labute approximate surface area is 173 Å². The van der Waals surface area contributed by atoms with Crippen LogP contribution in [0.3, 0.4) is 0 Å². The number of carbonyl (C=O) groups is 1. The fourth-order valence-electron chi connectivity index (χ4n) is 2.74. The predicted molar refractivity (Wildman–Crippen MR) is 110 cm³/mol. The van der Waals surface area contributed by atoms with Crippen molar-refractivity contribution in [3.63, 3.8) is 0 Å². The topological polar surface area (TPSA) is 87.5 Å². The summed E-state index contributed by atoms with van der Waals surface area (Å²) in [4.78, 5) is 12.4. The van der Waals surface area contributed by atoms with Gasteiger partial charge in [-0.1, -0.05) is 23.7 Å². The van der Waals surface area contributed by atoms with Crippen LogP contribution < -0.4 is 4.74 Å². The summed E-state index contributed by atoms with van der Waals surface area (Å²) in [5.74, 6) is -0.100. The minimum atomic E-state index is -3.32. The van der Waals surface area contributed by atoms with Crippen molar-refractivity contribution in [2.45, 2.75) is 11.8 Å². The number of ether oxygens (including phenoxy) is 2. The molecule has 0 aliphatic carbocycles. The van der Waals surface area contributed by atoms with Gasteiger partial charge in [-0.25, -0.2) is 17.9 Å². The zero-order chi connectivity index (χ0) is 21.2. The van der Waals surface area contributed by atoms with E-state index in [4.69, 9.17) is 21.1 Å². The summed E-state index contributed by atoms with van der Waals surface area (Å²) in [6.07, 6.45) is 1.14. The molecule has 0 radical (unpaired) electrons. The molecule has 1 aromatic heterocycles. The number of sulfone groups is 1. The van der Waals surface area contributed by atoms with Gasteiger partial charge in [-0.2, -0.15) is 5.10 Å². The van der Waals surface area contributed by atoms with Gasteiger partial charge in [-0.05, 0) is 37.3 Å². The van der Waals surface area contributed by atoms with Crippen LogP contribution in [0.2, 0.25) is 5.02 Å². The molecule has 3 aromatic rings. The van der Waals surface area contributed by atoms with Gasteiger partial charge in [0, 0.05) is 17.9 Å². The Morgan fingerprint density at radius 3 is 2.41 bits per heavy atom. The molecule has 0 saturated carbocycles. The van der Waals surface area contributed by atoms with Crippen LogP contribution in [0.15, 0.2) is 53.4 Å². The summed E-state index contributed by atoms with van der Waals surface area (Å²) in [7, 11) is -1.82. The predicted octanol–water partition coefficient (Wildman–Crippen LogP) is 3.78. The van der Waals surface area contributed by atoms with Crippen molar-refractivity contribution in [2.75, 3.05) is 20.0 Å². The summed E-state index contributed by atoms with van der Waals surface area (Å²) in [5.41, 5.74) is 2.00. The average molecular weight is 435 g/mol. The average Bonchev–Trinajstić information content (AvgIpc) is 3.13. The minimum absolute atomic E-state index is 0.128. The van der Waals surface area contributed by atoms with Gasteiger partial charge in [0.15, 0.2) is 15.5 Å². The first-order chi connectivity index (χ1) is 13.7. The van der Waals surface area contributed by atoms with Gasteiger partial charge in [-0.3, -0.25) is 0 Å². The van der Waals surface area contributed by atoms with E-state index in [0.717, 1.165) is 6.26 Å². The number of hydrogen-bond acceptors (Lipinski definition) is 6. The standard InChI is InChI=1S/C20H19ClN2O5S/c1-4-28-20(24)17-12-18(13-5-8-15(9-6-13)29(3,25)26)23(22-17)14-7-10-16(21)19(11-14)27-2/h5-12H,4H2,1-3H3. The van der Waals surface area contributed by atoms with Crippen molar-refractivity contribution >= 4 is 27.4 Å². The van der Waals surface area contributed by atoms with E-state index in [1.807, 2.05) is 0 Å². The highest BCUT2D eigenvalue weighted by Gasteiger charge is 2.19. The highest BCUT2D eigenvalue weighted by atomic mass is 35.5. The molecule has 9 heteroatoms. The summed E-state index contributed by atoms with van der Waals surface area (Å²) in [6, 6.07) is 13.0. The van der Waals surface area contributed by atoms with Crippen LogP contribution in [0.25, 0.3) is 16.9 Å². The number of methoxy groups -OCH3 is 1. The first-order valence-electron chi connectivity index (χ1n) is 8.66. The van der Waals surface area contributed by atoms with Crippen LogP contribution in [-0.2, 0) is 14.6 Å². The SMILES string of the molecule is CCOC(=O)c1cc(-c2ccc(S(C)(=O)=O)cc2)n(-c2ccc(Cl)c(OC)c2)n1. The lowest BCUT2D eigenvalue weighted by molar-refractivity contribution is 0.0519. The molecule has 1 heterocycles. The van der Waals surface area contributed by atoms with E-state index in [9.17, 15) is 13.2 Å². The van der Waals surface area contributed by atoms with E-state index >= 15 is 0 Å². The van der Waals surface area contributed by atoms with Crippen LogP contribution in [0.1, 0.15) is 17.4 Å². The van der Waals surface area contributed by atoms with Crippen LogP contribution in [0, 0.1) is 0 Å². The number of nitrogens with zero attached hydrogens (tertiary/aromatic N) is 2. The van der Waals surface area contributed by atoms with Crippen LogP contribution >= 0.6 is 11.6 Å². The number of hydrogen-bond donors (Lipinski definition) is 0. The fraction of sp³-hybridized carbons (Fsp3) is 0.200. The second-order valence-electron chi connectivity index (χ2n) is 6.16. The zero-order valence-corrected chi connectivity index (χ0v) is 17.6. The molecule has 152 valence electrons. The molecular weight excluding hydrogens is 416 g/mol. The lowest BCUT2D eigenvalue weighted by Gasteiger charge is -2.10. The largest absolute Gasteiger partial charge is 0.495 e. The molecular formula is C20H19ClN2O5S. The third-order valence-electron chi connectivity index (χ3n) is 4.15. The van der Waals surface area contributed by atoms with Gasteiger partial charge in [-0.15, -0.1) is 0 Å². The minimum Gasteiger partial charge on any atom is -0.495 e. The van der Waals surface area contributed by atoms with Crippen molar-refractivity contribution in [1.82, 2.24) is 9.78 Å². The van der Waals surface area contributed by atoms with Crippen molar-refractivity contribution in [3.05, 3.63) is 59.2 Å². The number of aromatic nitrogens is 2. The van der Waals surface area contributed by atoms with Gasteiger partial charge in [0.25, 0.3) is 0 Å². The van der Waals surface area contributed by atoms with E-state index in [-0.39, 0.29) is 17.2 Å². The van der Waals surface area contributed by atoms with Crippen molar-refractivity contribution in [1.29, 1.82) is 0 Å². The molecule has 7 nitrogen and oxygen atoms in total. The monoisotopic (exact) mass is 434 g/mol. The van der Waals surface area contributed by atoms with Gasteiger partial charge < -0.3 is 9.47 Å². The molecule has 0 N–H and O–H groups in total. The Morgan fingerprint density at radius 1 is 1.14 bits per heavy atom. The Bertz CT molecular complexity index is 1150. The van der Waals surface area contributed by atoms with Gasteiger partial charge in [0.2, 0.25) is 0 Å². The maximum absolute atomic E-state index is 12.2. The van der Waals surface area contributed by atoms with E-state index < -0.39 is 15.8 Å². The quantitative estimate of drug-likeness (QED) is 0.548. The maximum atomic E-state index is 12.2. The third-order valence-corrected chi connectivity index (χ3v) is 5.59. The molecule has 0 atom stereocenters. The smallest absolute Gasteiger partial charge is 0.358 e. The Morgan fingerprint density at radius 2 is 1.83 bits per heavy atom. The summed E-state index contributed by atoms with van der Waals surface area (Å²) in [6.45, 7) is 1.93. The van der Waals surface area contributed by atoms with Crippen molar-refractivity contribution < 1.29 is 22.7 Å². The second-order valence-corrected chi connectivity index (χ2v) is 8.59. The van der Waals surface area contributed by atoms with Crippen molar-refractivity contribution in [3.8, 4) is 22.7 Å². The number of halogens is 1. The Hall–Kier alpha value is -2.84. The molecule has 0 spiro atoms. The molecule has 0 aliphatic heterocycles. The molecule has 29 heavy (non-hydrogen) atoms. The second kappa shape index (κ2) is 8.26. The van der Waals surface area contributed by atoms with Crippen LogP contribution in [0.5, 0.6) is 5.75 Å². The highest BCUT2D eigenvalue weighted by Crippen LogP contribution is 2.30. The normalized spacial score (nSPS) is 11.3. The number of rotatable bonds is 6. The summed E-state index contributed by atoms with van der Waals surface area (Å²) < 4.78 is 35.3. The summed E-state index contributed by atoms with van der Waals surface area (Å²) >= 11 is 6.11. The van der Waals surface area contributed by atoms with Crippen molar-refractivity contribution in [2.24, 2.45) is 0 Å². The molecule has 2 aromatic carbocycles. The Kier molecular flexibility index (Phi) is 5.95. The van der Waals surface area contributed by atoms with E-state index in [1.54, 1.807) is 48.0 Å². The fourth-order valence-corrected chi connectivity index (χ4v) is 3.57. The van der Waals surface area contributed by atoms with Gasteiger partial charge >= 0.3 is 5.97 Å². The lowest BCUT2D eigenvalue weighted by Crippen LogP contribution is -2.07. The summed E-state index contributed by atoms with van der Waals surface area (Å²) in [5, 5.41) is 4.81. The van der Waals surface area contributed by atoms with Gasteiger partial charge in [0.1, 0.15) is 5.75 Å². The van der Waals surface area contributed by atoms with Gasteiger partial charge in [0.05, 0.1) is 35.0 Å². The first kappa shape index (κ1) is 20.9. The third kappa shape index (κ3) is 4.44. The molecule has 0 saturated heterocycles. The molecule has 0 unspecified atom stereocenters. The van der Waals surface area contributed by atoms with E-state index in [0.29, 0.717) is 27.7 Å². The van der Waals surface area contributed by atoms with Crippen LogP contribution in [0.4, 0.5) is 0 Å². The molecule has 0 aliphatic rings. The zero-order valence-electron chi connectivity index (χ0n) is 16.0.